The third-order valence-corrected chi connectivity index (χ3v) is 3.52. The van der Waals surface area contributed by atoms with E-state index >= 15 is 0 Å². The predicted octanol–water partition coefficient (Wildman–Crippen LogP) is 4.21. The smallest absolute Gasteiger partial charge is 0.00302 e. The lowest BCUT2D eigenvalue weighted by Crippen LogP contribution is -2.06. The van der Waals surface area contributed by atoms with E-state index in [1.807, 2.05) is 0 Å². The first-order chi connectivity index (χ1) is 8.18. The number of rotatable bonds is 0. The van der Waals surface area contributed by atoms with Crippen molar-refractivity contribution in [3.05, 3.63) is 53.2 Å². The van der Waals surface area contributed by atoms with Crippen LogP contribution in [0.5, 0.6) is 0 Å². The molecule has 3 rings (SSSR count). The van der Waals surface area contributed by atoms with Crippen molar-refractivity contribution in [1.29, 1.82) is 0 Å². The van der Waals surface area contributed by atoms with Gasteiger partial charge in [0.15, 0.2) is 0 Å². The number of hydrogen-bond donors (Lipinski definition) is 0. The Morgan fingerprint density at radius 2 is 1.41 bits per heavy atom. The van der Waals surface area contributed by atoms with Gasteiger partial charge in [-0.05, 0) is 53.1 Å². The summed E-state index contributed by atoms with van der Waals surface area (Å²) in [5.74, 6) is 0. The fourth-order valence-corrected chi connectivity index (χ4v) is 2.67. The van der Waals surface area contributed by atoms with Crippen molar-refractivity contribution in [1.82, 2.24) is 0 Å². The summed E-state index contributed by atoms with van der Waals surface area (Å²) < 4.78 is 0. The predicted molar refractivity (Wildman–Crippen MR) is 76.2 cm³/mol. The van der Waals surface area contributed by atoms with Gasteiger partial charge in [0.2, 0.25) is 0 Å². The highest BCUT2D eigenvalue weighted by molar-refractivity contribution is 6.11. The van der Waals surface area contributed by atoms with E-state index in [9.17, 15) is 0 Å². The Balaban J connectivity index is 2.76. The van der Waals surface area contributed by atoms with Gasteiger partial charge in [0.05, 0.1) is 0 Å². The first-order valence-electron chi connectivity index (χ1n) is 6.07. The number of benzene rings is 3. The van der Waals surface area contributed by atoms with Gasteiger partial charge >= 0.3 is 0 Å². The van der Waals surface area contributed by atoms with Crippen molar-refractivity contribution in [2.24, 2.45) is 0 Å². The van der Waals surface area contributed by atoms with Gasteiger partial charge in [-0.1, -0.05) is 48.0 Å². The molecular formula is C17H16. The van der Waals surface area contributed by atoms with Crippen molar-refractivity contribution < 1.29 is 0 Å². The Hall–Kier alpha value is -1.82. The minimum Gasteiger partial charge on any atom is -0.0686 e. The van der Waals surface area contributed by atoms with Crippen LogP contribution in [-0.2, 0) is 0 Å². The van der Waals surface area contributed by atoms with E-state index in [0.717, 1.165) is 0 Å². The van der Waals surface area contributed by atoms with Crippen LogP contribution in [0.4, 0.5) is 0 Å². The Kier molecular flexibility index (Phi) is 2.19. The molecule has 0 fully saturated rings. The average molecular weight is 220 g/mol. The molecule has 0 aliphatic carbocycles. The average Bonchev–Trinajstić information content (AvgIpc) is 2.33. The maximum absolute atomic E-state index is 2.25. The van der Waals surface area contributed by atoms with Crippen LogP contribution in [-0.4, -0.2) is 0 Å². The van der Waals surface area contributed by atoms with Crippen molar-refractivity contribution in [2.45, 2.75) is 20.8 Å². The van der Waals surface area contributed by atoms with Crippen LogP contribution in [0, 0.1) is 6.92 Å². The van der Waals surface area contributed by atoms with Crippen molar-refractivity contribution in [3.63, 3.8) is 0 Å². The summed E-state index contributed by atoms with van der Waals surface area (Å²) in [6.07, 6.45) is 0. The van der Waals surface area contributed by atoms with E-state index in [0.29, 0.717) is 0 Å². The zero-order valence-corrected chi connectivity index (χ0v) is 10.5. The maximum Gasteiger partial charge on any atom is -0.00302 e. The molecule has 0 nitrogen and oxygen atoms in total. The van der Waals surface area contributed by atoms with Gasteiger partial charge < -0.3 is 0 Å². The maximum atomic E-state index is 2.25. The van der Waals surface area contributed by atoms with Gasteiger partial charge in [0.1, 0.15) is 0 Å². The molecular weight excluding hydrogens is 204 g/mol. The quantitative estimate of drug-likeness (QED) is 0.532. The van der Waals surface area contributed by atoms with Gasteiger partial charge in [-0.2, -0.15) is 0 Å². The fourth-order valence-electron chi connectivity index (χ4n) is 2.67. The molecule has 0 atom stereocenters. The fraction of sp³-hybridized carbons (Fsp3) is 0.176. The first kappa shape index (κ1) is 10.3. The van der Waals surface area contributed by atoms with E-state index < -0.39 is 0 Å². The van der Waals surface area contributed by atoms with Gasteiger partial charge in [-0.25, -0.2) is 0 Å². The lowest BCUT2D eigenvalue weighted by molar-refractivity contribution is 1.49. The second kappa shape index (κ2) is 3.59. The van der Waals surface area contributed by atoms with E-state index in [2.05, 4.69) is 63.2 Å². The molecule has 0 N–H and O–H groups in total. The standard InChI is InChI=1S/C17H16/c1-11(2)15-10-9-14-6-4-5-13-8-7-12(3)16(15)17(13)14/h4-10H,1-3H3. The van der Waals surface area contributed by atoms with Gasteiger partial charge in [0, 0.05) is 0 Å². The van der Waals surface area contributed by atoms with E-state index in [-0.39, 0.29) is 0 Å². The van der Waals surface area contributed by atoms with Crippen LogP contribution in [0.25, 0.3) is 27.1 Å². The highest BCUT2D eigenvalue weighted by Gasteiger charge is 2.05. The Morgan fingerprint density at radius 3 is 2.06 bits per heavy atom. The summed E-state index contributed by atoms with van der Waals surface area (Å²) in [6, 6.07) is 15.5. The van der Waals surface area contributed by atoms with Crippen LogP contribution < -0.4 is 5.22 Å². The van der Waals surface area contributed by atoms with Crippen LogP contribution >= 0.6 is 0 Å². The normalized spacial score (nSPS) is 11.2. The van der Waals surface area contributed by atoms with Crippen molar-refractivity contribution in [3.8, 4) is 0 Å². The second-order valence-corrected chi connectivity index (χ2v) is 4.95. The minimum atomic E-state index is 1.34. The van der Waals surface area contributed by atoms with Crippen LogP contribution in [0.15, 0.2) is 42.5 Å². The summed E-state index contributed by atoms with van der Waals surface area (Å²) in [7, 11) is 0. The largest absolute Gasteiger partial charge is 0.0686 e. The SMILES string of the molecule is CC(C)=c1ccc2cccc3ccc(C)c1c32. The topological polar surface area (TPSA) is 0 Å². The summed E-state index contributed by atoms with van der Waals surface area (Å²) in [5, 5.41) is 6.89. The van der Waals surface area contributed by atoms with Crippen LogP contribution in [0.1, 0.15) is 19.4 Å². The number of aryl methyl sites for hydroxylation is 1. The third-order valence-electron chi connectivity index (χ3n) is 3.52. The Morgan fingerprint density at radius 1 is 0.765 bits per heavy atom. The molecule has 0 amide bonds. The first-order valence-corrected chi connectivity index (χ1v) is 6.07. The van der Waals surface area contributed by atoms with Crippen molar-refractivity contribution in [2.75, 3.05) is 0 Å². The molecule has 0 aliphatic rings. The second-order valence-electron chi connectivity index (χ2n) is 4.95. The molecule has 17 heavy (non-hydrogen) atoms. The van der Waals surface area contributed by atoms with E-state index in [4.69, 9.17) is 0 Å². The van der Waals surface area contributed by atoms with Gasteiger partial charge in [-0.3, -0.25) is 0 Å². The molecule has 0 aromatic heterocycles. The van der Waals surface area contributed by atoms with E-state index in [1.54, 1.807) is 0 Å². The summed E-state index contributed by atoms with van der Waals surface area (Å²) in [4.78, 5) is 0. The zero-order valence-electron chi connectivity index (χ0n) is 10.5. The lowest BCUT2D eigenvalue weighted by atomic mass is 9.94. The summed E-state index contributed by atoms with van der Waals surface area (Å²) in [5.41, 5.74) is 2.75. The monoisotopic (exact) mass is 220 g/mol. The molecule has 3 aromatic rings. The zero-order chi connectivity index (χ0) is 12.0. The third kappa shape index (κ3) is 1.44. The van der Waals surface area contributed by atoms with Crippen LogP contribution in [0.3, 0.4) is 0 Å². The molecule has 0 bridgehead atoms. The summed E-state index contributed by atoms with van der Waals surface area (Å²) in [6.45, 7) is 6.57. The molecule has 0 heterocycles. The van der Waals surface area contributed by atoms with Gasteiger partial charge in [0.25, 0.3) is 0 Å². The highest BCUT2D eigenvalue weighted by Crippen LogP contribution is 2.26. The molecule has 0 heteroatoms. The molecule has 0 aliphatic heterocycles. The van der Waals surface area contributed by atoms with Crippen molar-refractivity contribution >= 4 is 27.1 Å². The minimum absolute atomic E-state index is 1.34. The Bertz CT molecular complexity index is 744. The lowest BCUT2D eigenvalue weighted by Gasteiger charge is -2.09. The summed E-state index contributed by atoms with van der Waals surface area (Å²) >= 11 is 0. The van der Waals surface area contributed by atoms with E-state index in [1.165, 1.54) is 37.9 Å². The highest BCUT2D eigenvalue weighted by atomic mass is 14.1. The number of hydrogen-bond acceptors (Lipinski definition) is 0. The molecule has 0 saturated carbocycles. The van der Waals surface area contributed by atoms with Crippen LogP contribution in [0.2, 0.25) is 0 Å². The molecule has 0 unspecified atom stereocenters. The molecule has 0 saturated heterocycles. The molecule has 0 radical (unpaired) electrons. The Labute approximate surface area is 102 Å². The molecule has 84 valence electrons. The molecule has 3 aromatic carbocycles. The van der Waals surface area contributed by atoms with Gasteiger partial charge in [-0.15, -0.1) is 0 Å². The molecule has 0 spiro atoms.